The molecule has 5 nitrogen and oxygen atoms in total. The number of amides is 1. The molecule has 0 spiro atoms. The molecule has 0 bridgehead atoms. The van der Waals surface area contributed by atoms with Crippen LogP contribution >= 0.6 is 0 Å². The lowest BCUT2D eigenvalue weighted by molar-refractivity contribution is -0.137. The molecule has 0 unspecified atom stereocenters. The first-order chi connectivity index (χ1) is 11.5. The molecule has 0 aromatic heterocycles. The quantitative estimate of drug-likeness (QED) is 0.607. The van der Waals surface area contributed by atoms with Crippen LogP contribution in [0.2, 0.25) is 0 Å². The van der Waals surface area contributed by atoms with Gasteiger partial charge in [-0.25, -0.2) is 0 Å². The molecule has 0 heterocycles. The van der Waals surface area contributed by atoms with E-state index in [1.54, 1.807) is 25.8 Å². The summed E-state index contributed by atoms with van der Waals surface area (Å²) in [4.78, 5) is 17.6. The molecule has 8 heteroatoms. The minimum Gasteiger partial charge on any atom is -0.369 e. The zero-order valence-corrected chi connectivity index (χ0v) is 14.9. The molecule has 25 heavy (non-hydrogen) atoms. The van der Waals surface area contributed by atoms with Crippen molar-refractivity contribution in [3.8, 4) is 0 Å². The molecule has 0 saturated heterocycles. The summed E-state index contributed by atoms with van der Waals surface area (Å²) < 4.78 is 37.8. The van der Waals surface area contributed by atoms with Gasteiger partial charge in [0.1, 0.15) is 0 Å². The maximum Gasteiger partial charge on any atom is 0.416 e. The van der Waals surface area contributed by atoms with E-state index in [1.807, 2.05) is 6.92 Å². The van der Waals surface area contributed by atoms with Crippen molar-refractivity contribution < 1.29 is 18.0 Å². The molecule has 0 radical (unpaired) electrons. The molecule has 1 aromatic carbocycles. The van der Waals surface area contributed by atoms with Crippen LogP contribution in [0.3, 0.4) is 0 Å². The van der Waals surface area contributed by atoms with Crippen LogP contribution < -0.4 is 11.1 Å². The second-order valence-electron chi connectivity index (χ2n) is 6.47. The van der Waals surface area contributed by atoms with Crippen molar-refractivity contribution in [2.75, 3.05) is 20.1 Å². The van der Waals surface area contributed by atoms with Crippen molar-refractivity contribution >= 4 is 11.9 Å². The Morgan fingerprint density at radius 3 is 2.24 bits per heavy atom. The number of nitrogens with one attached hydrogen (secondary N) is 1. The van der Waals surface area contributed by atoms with Crippen LogP contribution in [0.1, 0.15) is 31.9 Å². The highest BCUT2D eigenvalue weighted by Crippen LogP contribution is 2.29. The second kappa shape index (κ2) is 8.22. The van der Waals surface area contributed by atoms with Gasteiger partial charge in [0.15, 0.2) is 5.96 Å². The average Bonchev–Trinajstić information content (AvgIpc) is 2.50. The highest BCUT2D eigenvalue weighted by atomic mass is 19.4. The van der Waals surface area contributed by atoms with Crippen molar-refractivity contribution in [1.29, 1.82) is 0 Å². The van der Waals surface area contributed by atoms with E-state index in [0.717, 1.165) is 17.7 Å². The first-order valence-electron chi connectivity index (χ1n) is 7.93. The van der Waals surface area contributed by atoms with Gasteiger partial charge in [-0.15, -0.1) is 0 Å². The second-order valence-corrected chi connectivity index (χ2v) is 6.47. The average molecular weight is 358 g/mol. The number of halogens is 3. The number of hydrogen-bond acceptors (Lipinski definition) is 2. The van der Waals surface area contributed by atoms with Crippen molar-refractivity contribution in [2.24, 2.45) is 16.1 Å². The summed E-state index contributed by atoms with van der Waals surface area (Å²) in [5.41, 5.74) is 4.60. The van der Waals surface area contributed by atoms with Crippen LogP contribution in [0.25, 0.3) is 0 Å². The largest absolute Gasteiger partial charge is 0.416 e. The van der Waals surface area contributed by atoms with Crippen LogP contribution in [0.15, 0.2) is 29.3 Å². The number of carbonyl (C=O) groups excluding carboxylic acids is 1. The SMILES string of the molecule is CCNC(=NCC(C)(C)C(N)=O)N(C)Cc1ccc(C(F)(F)F)cc1. The number of hydrogen-bond donors (Lipinski definition) is 2. The Kier molecular flexibility index (Phi) is 6.84. The molecule has 0 aliphatic heterocycles. The van der Waals surface area contributed by atoms with Crippen molar-refractivity contribution in [1.82, 2.24) is 10.2 Å². The Morgan fingerprint density at radius 2 is 1.80 bits per heavy atom. The number of guanidine groups is 1. The van der Waals surface area contributed by atoms with Crippen molar-refractivity contribution in [2.45, 2.75) is 33.5 Å². The summed E-state index contributed by atoms with van der Waals surface area (Å²) >= 11 is 0. The van der Waals surface area contributed by atoms with Gasteiger partial charge in [0.2, 0.25) is 5.91 Å². The highest BCUT2D eigenvalue weighted by Gasteiger charge is 2.30. The first-order valence-corrected chi connectivity index (χ1v) is 7.93. The maximum absolute atomic E-state index is 12.6. The van der Waals surface area contributed by atoms with Gasteiger partial charge in [0, 0.05) is 20.1 Å². The summed E-state index contributed by atoms with van der Waals surface area (Å²) in [5.74, 6) is 0.106. The molecular weight excluding hydrogens is 333 g/mol. The Labute approximate surface area is 146 Å². The molecule has 0 aliphatic carbocycles. The van der Waals surface area contributed by atoms with E-state index >= 15 is 0 Å². The van der Waals surface area contributed by atoms with Gasteiger partial charge in [-0.3, -0.25) is 9.79 Å². The standard InChI is InChI=1S/C17H25F3N4O/c1-5-22-15(23-11-16(2,3)14(21)25)24(4)10-12-6-8-13(9-7-12)17(18,19)20/h6-9H,5,10-11H2,1-4H3,(H2,21,25)(H,22,23). The molecule has 0 atom stereocenters. The molecular formula is C17H25F3N4O. The third-order valence-electron chi connectivity index (χ3n) is 3.69. The number of nitrogens with zero attached hydrogens (tertiary/aromatic N) is 2. The van der Waals surface area contributed by atoms with Crippen LogP contribution in [-0.4, -0.2) is 36.9 Å². The van der Waals surface area contributed by atoms with Gasteiger partial charge < -0.3 is 16.0 Å². The Bertz CT molecular complexity index is 609. The van der Waals surface area contributed by atoms with E-state index in [2.05, 4.69) is 10.3 Å². The number of alkyl halides is 3. The third kappa shape index (κ3) is 6.28. The zero-order valence-electron chi connectivity index (χ0n) is 14.9. The minimum absolute atomic E-state index is 0.210. The van der Waals surface area contributed by atoms with Crippen LogP contribution in [-0.2, 0) is 17.5 Å². The zero-order chi connectivity index (χ0) is 19.3. The van der Waals surface area contributed by atoms with Gasteiger partial charge in [0.05, 0.1) is 17.5 Å². The van der Waals surface area contributed by atoms with E-state index in [0.29, 0.717) is 19.0 Å². The normalized spacial score (nSPS) is 12.8. The molecule has 1 aromatic rings. The lowest BCUT2D eigenvalue weighted by Crippen LogP contribution is -2.40. The monoisotopic (exact) mass is 358 g/mol. The number of carbonyl (C=O) groups is 1. The number of rotatable bonds is 6. The predicted octanol–water partition coefficient (Wildman–Crippen LogP) is 2.61. The van der Waals surface area contributed by atoms with E-state index in [1.165, 1.54) is 12.1 Å². The number of benzene rings is 1. The summed E-state index contributed by atoms with van der Waals surface area (Å²) in [7, 11) is 1.77. The number of aliphatic imine (C=N–C) groups is 1. The fourth-order valence-electron chi connectivity index (χ4n) is 1.97. The Morgan fingerprint density at radius 1 is 1.24 bits per heavy atom. The van der Waals surface area contributed by atoms with Crippen LogP contribution in [0.4, 0.5) is 13.2 Å². The summed E-state index contributed by atoms with van der Waals surface area (Å²) in [6.45, 7) is 6.52. The smallest absolute Gasteiger partial charge is 0.369 e. The van der Waals surface area contributed by atoms with Gasteiger partial charge >= 0.3 is 6.18 Å². The Balaban J connectivity index is 2.86. The van der Waals surface area contributed by atoms with Gasteiger partial charge in [-0.05, 0) is 38.5 Å². The number of primary amides is 1. The van der Waals surface area contributed by atoms with Crippen LogP contribution in [0.5, 0.6) is 0 Å². The lowest BCUT2D eigenvalue weighted by atomic mass is 9.93. The van der Waals surface area contributed by atoms with Gasteiger partial charge in [0.25, 0.3) is 0 Å². The van der Waals surface area contributed by atoms with Crippen LogP contribution in [0, 0.1) is 5.41 Å². The molecule has 0 fully saturated rings. The van der Waals surface area contributed by atoms with Gasteiger partial charge in [-0.2, -0.15) is 13.2 Å². The summed E-state index contributed by atoms with van der Waals surface area (Å²) in [6.07, 6.45) is -4.35. The third-order valence-corrected chi connectivity index (χ3v) is 3.69. The highest BCUT2D eigenvalue weighted by molar-refractivity contribution is 5.82. The maximum atomic E-state index is 12.6. The summed E-state index contributed by atoms with van der Waals surface area (Å²) in [6, 6.07) is 5.00. The number of nitrogens with two attached hydrogens (primary N) is 1. The van der Waals surface area contributed by atoms with E-state index in [-0.39, 0.29) is 6.54 Å². The van der Waals surface area contributed by atoms with E-state index in [4.69, 9.17) is 5.73 Å². The summed E-state index contributed by atoms with van der Waals surface area (Å²) in [5, 5.41) is 3.09. The lowest BCUT2D eigenvalue weighted by Gasteiger charge is -2.24. The predicted molar refractivity (Wildman–Crippen MR) is 91.9 cm³/mol. The fourth-order valence-corrected chi connectivity index (χ4v) is 1.97. The molecule has 3 N–H and O–H groups in total. The minimum atomic E-state index is -4.35. The van der Waals surface area contributed by atoms with E-state index < -0.39 is 23.1 Å². The first kappa shape index (κ1) is 20.8. The molecule has 0 saturated carbocycles. The fraction of sp³-hybridized carbons (Fsp3) is 0.529. The molecule has 140 valence electrons. The molecule has 1 rings (SSSR count). The van der Waals surface area contributed by atoms with Crippen molar-refractivity contribution in [3.05, 3.63) is 35.4 Å². The topological polar surface area (TPSA) is 70.7 Å². The van der Waals surface area contributed by atoms with E-state index in [9.17, 15) is 18.0 Å². The van der Waals surface area contributed by atoms with Gasteiger partial charge in [-0.1, -0.05) is 12.1 Å². The Hall–Kier alpha value is -2.25. The molecule has 1 amide bonds. The van der Waals surface area contributed by atoms with Crippen molar-refractivity contribution in [3.63, 3.8) is 0 Å². The molecule has 0 aliphatic rings.